The smallest absolute Gasteiger partial charge is 0.257 e. The van der Waals surface area contributed by atoms with Crippen molar-refractivity contribution in [1.82, 2.24) is 9.80 Å². The minimum absolute atomic E-state index is 0.0865. The summed E-state index contributed by atoms with van der Waals surface area (Å²) in [5.41, 5.74) is -0.0865. The van der Waals surface area contributed by atoms with Gasteiger partial charge in [0.05, 0.1) is 12.1 Å². The van der Waals surface area contributed by atoms with E-state index < -0.39 is 11.7 Å². The van der Waals surface area contributed by atoms with E-state index in [1.54, 1.807) is 14.1 Å². The van der Waals surface area contributed by atoms with Crippen molar-refractivity contribution in [3.05, 3.63) is 29.6 Å². The monoisotopic (exact) mass is 270 g/mol. The topological polar surface area (TPSA) is 40.6 Å². The van der Waals surface area contributed by atoms with Gasteiger partial charge in [0.1, 0.15) is 5.82 Å². The lowest BCUT2D eigenvalue weighted by Crippen LogP contribution is -2.38. The van der Waals surface area contributed by atoms with E-state index in [1.807, 2.05) is 0 Å². The van der Waals surface area contributed by atoms with Crippen LogP contribution in [0, 0.1) is 5.82 Å². The molecule has 0 aliphatic heterocycles. The Balaban J connectivity index is 2.87. The van der Waals surface area contributed by atoms with E-state index in [9.17, 15) is 14.0 Å². The van der Waals surface area contributed by atoms with E-state index in [2.05, 4.69) is 12.6 Å². The number of hydrogen-bond acceptors (Lipinski definition) is 3. The van der Waals surface area contributed by atoms with Crippen LogP contribution in [0.3, 0.4) is 0 Å². The molecule has 18 heavy (non-hydrogen) atoms. The zero-order chi connectivity index (χ0) is 13.9. The van der Waals surface area contributed by atoms with Crippen LogP contribution in [0.25, 0.3) is 0 Å². The molecule has 2 amide bonds. The number of thiol groups is 1. The molecule has 0 N–H and O–H groups in total. The molecule has 0 saturated carbocycles. The quantitative estimate of drug-likeness (QED) is 0.840. The zero-order valence-corrected chi connectivity index (χ0v) is 11.4. The second-order valence-corrected chi connectivity index (χ2v) is 4.63. The van der Waals surface area contributed by atoms with E-state index in [-0.39, 0.29) is 18.0 Å². The molecule has 0 unspecified atom stereocenters. The number of halogens is 1. The average molecular weight is 270 g/mol. The summed E-state index contributed by atoms with van der Waals surface area (Å²) < 4.78 is 13.5. The van der Waals surface area contributed by atoms with Gasteiger partial charge in [-0.05, 0) is 18.2 Å². The van der Waals surface area contributed by atoms with Crippen LogP contribution >= 0.6 is 12.6 Å². The van der Waals surface area contributed by atoms with Crippen molar-refractivity contribution >= 4 is 24.4 Å². The molecule has 0 aromatic heterocycles. The molecule has 4 nitrogen and oxygen atoms in total. The van der Waals surface area contributed by atoms with Crippen molar-refractivity contribution in [2.24, 2.45) is 0 Å². The summed E-state index contributed by atoms with van der Waals surface area (Å²) in [5.74, 6) is -1.39. The highest BCUT2D eigenvalue weighted by atomic mass is 32.1. The van der Waals surface area contributed by atoms with Crippen molar-refractivity contribution in [2.45, 2.75) is 4.90 Å². The van der Waals surface area contributed by atoms with Gasteiger partial charge in [-0.2, -0.15) is 0 Å². The molecule has 0 bridgehead atoms. The van der Waals surface area contributed by atoms with Gasteiger partial charge < -0.3 is 9.80 Å². The average Bonchev–Trinajstić information content (AvgIpc) is 2.31. The van der Waals surface area contributed by atoms with Crippen molar-refractivity contribution in [1.29, 1.82) is 0 Å². The van der Waals surface area contributed by atoms with Gasteiger partial charge in [0.25, 0.3) is 5.91 Å². The predicted octanol–water partition coefficient (Wildman–Crippen LogP) is 1.27. The van der Waals surface area contributed by atoms with Crippen LogP contribution in [0.15, 0.2) is 23.1 Å². The minimum atomic E-state index is -0.623. The molecule has 98 valence electrons. The van der Waals surface area contributed by atoms with E-state index in [4.69, 9.17) is 0 Å². The normalized spacial score (nSPS) is 10.1. The summed E-state index contributed by atoms with van der Waals surface area (Å²) in [6.45, 7) is -0.0952. The molecule has 0 aliphatic rings. The molecule has 1 rings (SSSR count). The first-order valence-corrected chi connectivity index (χ1v) is 5.71. The van der Waals surface area contributed by atoms with Gasteiger partial charge in [0.2, 0.25) is 5.91 Å². The molecule has 0 radical (unpaired) electrons. The standard InChI is InChI=1S/C12H15FN2O2S/c1-14(2)11(16)7-15(3)12(17)9-6-8(18)4-5-10(9)13/h4-6,18H,7H2,1-3H3. The van der Waals surface area contributed by atoms with Crippen LogP contribution in [-0.2, 0) is 4.79 Å². The Labute approximate surface area is 111 Å². The van der Waals surface area contributed by atoms with Crippen LogP contribution < -0.4 is 0 Å². The summed E-state index contributed by atoms with van der Waals surface area (Å²) >= 11 is 4.05. The number of rotatable bonds is 3. The SMILES string of the molecule is CN(C)C(=O)CN(C)C(=O)c1cc(S)ccc1F. The largest absolute Gasteiger partial charge is 0.347 e. The van der Waals surface area contributed by atoms with Gasteiger partial charge in [-0.15, -0.1) is 12.6 Å². The first kappa shape index (κ1) is 14.5. The second kappa shape index (κ2) is 5.86. The van der Waals surface area contributed by atoms with Crippen LogP contribution in [-0.4, -0.2) is 49.3 Å². The Kier molecular flexibility index (Phi) is 4.72. The van der Waals surface area contributed by atoms with Crippen LogP contribution in [0.2, 0.25) is 0 Å². The van der Waals surface area contributed by atoms with E-state index >= 15 is 0 Å². The number of hydrogen-bond donors (Lipinski definition) is 1. The van der Waals surface area contributed by atoms with Crippen molar-refractivity contribution in [2.75, 3.05) is 27.7 Å². The first-order chi connectivity index (χ1) is 8.32. The van der Waals surface area contributed by atoms with Gasteiger partial charge in [-0.25, -0.2) is 4.39 Å². The zero-order valence-electron chi connectivity index (χ0n) is 10.5. The van der Waals surface area contributed by atoms with Crippen molar-refractivity contribution < 1.29 is 14.0 Å². The van der Waals surface area contributed by atoms with Crippen LogP contribution in [0.4, 0.5) is 4.39 Å². The minimum Gasteiger partial charge on any atom is -0.347 e. The fraction of sp³-hybridized carbons (Fsp3) is 0.333. The number of amides is 2. The molecule has 0 heterocycles. The molecule has 6 heteroatoms. The number of nitrogens with zero attached hydrogens (tertiary/aromatic N) is 2. The van der Waals surface area contributed by atoms with Crippen LogP contribution in [0.5, 0.6) is 0 Å². The lowest BCUT2D eigenvalue weighted by molar-refractivity contribution is -0.129. The molecule has 1 aromatic carbocycles. The maximum atomic E-state index is 13.5. The number of likely N-dealkylation sites (N-methyl/N-ethyl adjacent to an activating group) is 2. The summed E-state index contributed by atoms with van der Waals surface area (Å²) in [5, 5.41) is 0. The lowest BCUT2D eigenvalue weighted by Gasteiger charge is -2.19. The molecule has 1 aromatic rings. The maximum absolute atomic E-state index is 13.5. The lowest BCUT2D eigenvalue weighted by atomic mass is 10.2. The highest BCUT2D eigenvalue weighted by Gasteiger charge is 2.19. The first-order valence-electron chi connectivity index (χ1n) is 5.27. The Hall–Kier alpha value is -1.56. The molecular formula is C12H15FN2O2S. The van der Waals surface area contributed by atoms with E-state index in [1.165, 1.54) is 35.0 Å². The number of benzene rings is 1. The van der Waals surface area contributed by atoms with Crippen molar-refractivity contribution in [3.8, 4) is 0 Å². The highest BCUT2D eigenvalue weighted by molar-refractivity contribution is 7.80. The predicted molar refractivity (Wildman–Crippen MR) is 69.3 cm³/mol. The molecule has 0 aliphatic carbocycles. The number of carbonyl (C=O) groups excluding carboxylic acids is 2. The van der Waals surface area contributed by atoms with Gasteiger partial charge in [-0.1, -0.05) is 0 Å². The molecule has 0 fully saturated rings. The molecule has 0 spiro atoms. The Morgan fingerprint density at radius 3 is 2.44 bits per heavy atom. The third kappa shape index (κ3) is 3.46. The fourth-order valence-corrected chi connectivity index (χ4v) is 1.50. The van der Waals surface area contributed by atoms with Gasteiger partial charge >= 0.3 is 0 Å². The van der Waals surface area contributed by atoms with Crippen LogP contribution in [0.1, 0.15) is 10.4 Å². The summed E-state index contributed by atoms with van der Waals surface area (Å²) in [6.07, 6.45) is 0. The Morgan fingerprint density at radius 2 is 1.89 bits per heavy atom. The third-order valence-electron chi connectivity index (χ3n) is 2.40. The van der Waals surface area contributed by atoms with Gasteiger partial charge in [-0.3, -0.25) is 9.59 Å². The summed E-state index contributed by atoms with van der Waals surface area (Å²) in [6, 6.07) is 3.98. The Morgan fingerprint density at radius 1 is 1.28 bits per heavy atom. The summed E-state index contributed by atoms with van der Waals surface area (Å²) in [4.78, 5) is 26.5. The second-order valence-electron chi connectivity index (χ2n) is 4.11. The highest BCUT2D eigenvalue weighted by Crippen LogP contribution is 2.15. The van der Waals surface area contributed by atoms with E-state index in [0.29, 0.717) is 4.90 Å². The van der Waals surface area contributed by atoms with Gasteiger partial charge in [0, 0.05) is 26.0 Å². The fourth-order valence-electron chi connectivity index (χ4n) is 1.30. The van der Waals surface area contributed by atoms with Crippen molar-refractivity contribution in [3.63, 3.8) is 0 Å². The molecule has 0 saturated heterocycles. The molecule has 0 atom stereocenters. The molecular weight excluding hydrogens is 255 g/mol. The number of carbonyl (C=O) groups is 2. The Bertz CT molecular complexity index is 477. The third-order valence-corrected chi connectivity index (χ3v) is 2.68. The van der Waals surface area contributed by atoms with Gasteiger partial charge in [0.15, 0.2) is 0 Å². The maximum Gasteiger partial charge on any atom is 0.257 e. The summed E-state index contributed by atoms with van der Waals surface area (Å²) in [7, 11) is 4.64. The van der Waals surface area contributed by atoms with E-state index in [0.717, 1.165) is 0 Å².